The Morgan fingerprint density at radius 2 is 2.29 bits per heavy atom. The Morgan fingerprint density at radius 3 is 2.94 bits per heavy atom. The van der Waals surface area contributed by atoms with E-state index in [-0.39, 0.29) is 0 Å². The zero-order valence-electron chi connectivity index (χ0n) is 9.64. The normalized spacial score (nSPS) is 10.3. The molecule has 0 aliphatic rings. The van der Waals surface area contributed by atoms with Crippen LogP contribution in [-0.2, 0) is 6.54 Å². The zero-order chi connectivity index (χ0) is 12.3. The first-order chi connectivity index (χ1) is 8.22. The van der Waals surface area contributed by atoms with Crippen LogP contribution in [-0.4, -0.2) is 24.1 Å². The average molecular weight is 313 g/mol. The third-order valence-corrected chi connectivity index (χ3v) is 3.93. The van der Waals surface area contributed by atoms with Gasteiger partial charge in [0, 0.05) is 19.0 Å². The molecule has 0 aliphatic carbocycles. The van der Waals surface area contributed by atoms with Crippen LogP contribution in [0.15, 0.2) is 28.3 Å². The van der Waals surface area contributed by atoms with Crippen LogP contribution in [0.25, 0.3) is 0 Å². The average Bonchev–Trinajstić information content (AvgIpc) is 2.82. The molecule has 6 heteroatoms. The second kappa shape index (κ2) is 5.46. The second-order valence-corrected chi connectivity index (χ2v) is 5.37. The summed E-state index contributed by atoms with van der Waals surface area (Å²) in [5, 5.41) is 5.11. The van der Waals surface area contributed by atoms with Crippen molar-refractivity contribution in [2.75, 3.05) is 24.3 Å². The minimum Gasteiger partial charge on any atom is -0.372 e. The Balaban J connectivity index is 2.22. The molecule has 2 aromatic heterocycles. The number of halogens is 1. The summed E-state index contributed by atoms with van der Waals surface area (Å²) >= 11 is 5.27. The maximum absolute atomic E-state index is 4.30. The van der Waals surface area contributed by atoms with Gasteiger partial charge < -0.3 is 10.2 Å². The van der Waals surface area contributed by atoms with Crippen LogP contribution in [0.5, 0.6) is 0 Å². The number of rotatable bonds is 4. The van der Waals surface area contributed by atoms with E-state index in [4.69, 9.17) is 0 Å². The Bertz CT molecular complexity index is 486. The van der Waals surface area contributed by atoms with Gasteiger partial charge in [-0.2, -0.15) is 0 Å². The summed E-state index contributed by atoms with van der Waals surface area (Å²) in [6.45, 7) is 0.844. The molecule has 0 saturated carbocycles. The molecule has 0 unspecified atom stereocenters. The third kappa shape index (κ3) is 2.76. The van der Waals surface area contributed by atoms with E-state index in [1.807, 2.05) is 14.1 Å². The van der Waals surface area contributed by atoms with E-state index in [1.54, 1.807) is 17.7 Å². The van der Waals surface area contributed by atoms with Gasteiger partial charge >= 0.3 is 0 Å². The number of nitrogens with zero attached hydrogens (tertiary/aromatic N) is 3. The van der Waals surface area contributed by atoms with Crippen LogP contribution >= 0.6 is 27.3 Å². The van der Waals surface area contributed by atoms with Gasteiger partial charge in [0.05, 0.1) is 6.54 Å². The fraction of sp³-hybridized carbons (Fsp3) is 0.273. The van der Waals surface area contributed by atoms with Crippen LogP contribution < -0.4 is 10.2 Å². The fourth-order valence-electron chi connectivity index (χ4n) is 1.51. The largest absolute Gasteiger partial charge is 0.372 e. The number of nitrogens with one attached hydrogen (secondary N) is 1. The van der Waals surface area contributed by atoms with Gasteiger partial charge in [-0.15, -0.1) is 11.3 Å². The van der Waals surface area contributed by atoms with E-state index >= 15 is 0 Å². The van der Waals surface area contributed by atoms with Gasteiger partial charge in [0.1, 0.15) is 22.4 Å². The maximum atomic E-state index is 4.30. The highest BCUT2D eigenvalue weighted by Gasteiger charge is 2.12. The molecule has 0 fully saturated rings. The first-order valence-electron chi connectivity index (χ1n) is 5.14. The molecule has 2 rings (SSSR count). The Morgan fingerprint density at radius 1 is 1.47 bits per heavy atom. The van der Waals surface area contributed by atoms with Gasteiger partial charge in [-0.25, -0.2) is 9.97 Å². The van der Waals surface area contributed by atoms with Crippen molar-refractivity contribution in [2.45, 2.75) is 6.54 Å². The number of aromatic nitrogens is 2. The molecule has 0 radical (unpaired) electrons. The van der Waals surface area contributed by atoms with Gasteiger partial charge in [-0.05, 0) is 27.4 Å². The lowest BCUT2D eigenvalue weighted by Crippen LogP contribution is -2.18. The molecule has 2 aromatic rings. The van der Waals surface area contributed by atoms with E-state index in [9.17, 15) is 0 Å². The maximum Gasteiger partial charge on any atom is 0.148 e. The predicted molar refractivity (Wildman–Crippen MR) is 75.7 cm³/mol. The molecule has 4 nitrogen and oxygen atoms in total. The SMILES string of the molecule is CNc1ncnc(N(C)Cc2cccs2)c1Br. The quantitative estimate of drug-likeness (QED) is 0.942. The van der Waals surface area contributed by atoms with Gasteiger partial charge in [0.2, 0.25) is 0 Å². The zero-order valence-corrected chi connectivity index (χ0v) is 12.0. The molecule has 1 N–H and O–H groups in total. The Labute approximate surface area is 113 Å². The number of anilines is 2. The third-order valence-electron chi connectivity index (χ3n) is 2.34. The van der Waals surface area contributed by atoms with Crippen LogP contribution in [0.4, 0.5) is 11.6 Å². The smallest absolute Gasteiger partial charge is 0.148 e. The van der Waals surface area contributed by atoms with Crippen LogP contribution in [0, 0.1) is 0 Å². The molecule has 0 aromatic carbocycles. The van der Waals surface area contributed by atoms with E-state index in [1.165, 1.54) is 4.88 Å². The van der Waals surface area contributed by atoms with Gasteiger partial charge in [0.25, 0.3) is 0 Å². The number of hydrogen-bond acceptors (Lipinski definition) is 5. The van der Waals surface area contributed by atoms with Crippen molar-refractivity contribution >= 4 is 38.9 Å². The fourth-order valence-corrected chi connectivity index (χ4v) is 2.98. The van der Waals surface area contributed by atoms with E-state index in [0.717, 1.165) is 22.7 Å². The molecule has 90 valence electrons. The standard InChI is InChI=1S/C11H13BrN4S/c1-13-10-9(12)11(15-7-14-10)16(2)6-8-4-3-5-17-8/h3-5,7H,6H2,1-2H3,(H,13,14,15). The molecular weight excluding hydrogens is 300 g/mol. The molecule has 17 heavy (non-hydrogen) atoms. The minimum absolute atomic E-state index is 0.799. The molecule has 0 amide bonds. The van der Waals surface area contributed by atoms with Crippen molar-refractivity contribution in [2.24, 2.45) is 0 Å². The molecule has 0 saturated heterocycles. The van der Waals surface area contributed by atoms with Gasteiger partial charge in [-0.3, -0.25) is 0 Å². The lowest BCUT2D eigenvalue weighted by atomic mass is 10.4. The highest BCUT2D eigenvalue weighted by atomic mass is 79.9. The predicted octanol–water partition coefficient (Wildman–Crippen LogP) is 2.98. The molecule has 0 atom stereocenters. The van der Waals surface area contributed by atoms with Crippen molar-refractivity contribution in [1.82, 2.24) is 9.97 Å². The minimum atomic E-state index is 0.799. The van der Waals surface area contributed by atoms with Crippen molar-refractivity contribution < 1.29 is 0 Å². The van der Waals surface area contributed by atoms with E-state index in [2.05, 4.69) is 53.6 Å². The number of hydrogen-bond donors (Lipinski definition) is 1. The van der Waals surface area contributed by atoms with Crippen molar-refractivity contribution in [1.29, 1.82) is 0 Å². The topological polar surface area (TPSA) is 41.1 Å². The summed E-state index contributed by atoms with van der Waals surface area (Å²) in [6, 6.07) is 4.18. The van der Waals surface area contributed by atoms with E-state index in [0.29, 0.717) is 0 Å². The summed E-state index contributed by atoms with van der Waals surface area (Å²) < 4.78 is 0.890. The monoisotopic (exact) mass is 312 g/mol. The van der Waals surface area contributed by atoms with Gasteiger partial charge in [0.15, 0.2) is 0 Å². The summed E-state index contributed by atoms with van der Waals surface area (Å²) in [6.07, 6.45) is 1.57. The number of thiophene rings is 1. The molecular formula is C11H13BrN4S. The van der Waals surface area contributed by atoms with Crippen molar-refractivity contribution in [3.8, 4) is 0 Å². The van der Waals surface area contributed by atoms with Crippen molar-refractivity contribution in [3.63, 3.8) is 0 Å². The highest BCUT2D eigenvalue weighted by molar-refractivity contribution is 9.10. The Kier molecular flexibility index (Phi) is 3.96. The summed E-state index contributed by atoms with van der Waals surface area (Å²) in [5.41, 5.74) is 0. The summed E-state index contributed by atoms with van der Waals surface area (Å²) in [4.78, 5) is 11.8. The summed E-state index contributed by atoms with van der Waals surface area (Å²) in [5.74, 6) is 1.69. The molecule has 0 spiro atoms. The lowest BCUT2D eigenvalue weighted by molar-refractivity contribution is 0.900. The molecule has 0 aliphatic heterocycles. The van der Waals surface area contributed by atoms with Gasteiger partial charge in [-0.1, -0.05) is 6.07 Å². The molecule has 2 heterocycles. The van der Waals surface area contributed by atoms with Crippen molar-refractivity contribution in [3.05, 3.63) is 33.2 Å². The first kappa shape index (κ1) is 12.3. The lowest BCUT2D eigenvalue weighted by Gasteiger charge is -2.19. The highest BCUT2D eigenvalue weighted by Crippen LogP contribution is 2.29. The molecule has 0 bridgehead atoms. The van der Waals surface area contributed by atoms with Crippen LogP contribution in [0.1, 0.15) is 4.88 Å². The summed E-state index contributed by atoms with van der Waals surface area (Å²) in [7, 11) is 3.86. The first-order valence-corrected chi connectivity index (χ1v) is 6.81. The Hall–Kier alpha value is -1.14. The van der Waals surface area contributed by atoms with Crippen LogP contribution in [0.3, 0.4) is 0 Å². The van der Waals surface area contributed by atoms with E-state index < -0.39 is 0 Å². The van der Waals surface area contributed by atoms with Crippen LogP contribution in [0.2, 0.25) is 0 Å². The second-order valence-electron chi connectivity index (χ2n) is 3.55.